The van der Waals surface area contributed by atoms with Crippen LogP contribution >= 0.6 is 0 Å². The number of hydrogen-bond donors (Lipinski definition) is 0. The van der Waals surface area contributed by atoms with Crippen LogP contribution in [0.3, 0.4) is 0 Å². The maximum Gasteiger partial charge on any atom is 0.417 e. The van der Waals surface area contributed by atoms with E-state index in [0.29, 0.717) is 38.3 Å². The second-order valence-corrected chi connectivity index (χ2v) is 8.21. The number of rotatable bonds is 3. The summed E-state index contributed by atoms with van der Waals surface area (Å²) < 4.78 is 41.1. The summed E-state index contributed by atoms with van der Waals surface area (Å²) in [6, 6.07) is 6.84. The number of alkyl halides is 3. The molecular formula is C22H21F3N4O2. The first-order valence-corrected chi connectivity index (χ1v) is 9.91. The van der Waals surface area contributed by atoms with Crippen molar-refractivity contribution >= 4 is 11.6 Å². The van der Waals surface area contributed by atoms with Crippen molar-refractivity contribution in [2.24, 2.45) is 13.0 Å². The Balaban J connectivity index is 1.38. The Labute approximate surface area is 177 Å². The zero-order chi connectivity index (χ0) is 22.5. The molecule has 0 spiro atoms. The molecule has 2 aliphatic rings. The number of nitrogens with zero attached hydrogens (tertiary/aromatic N) is 4. The van der Waals surface area contributed by atoms with E-state index >= 15 is 0 Å². The zero-order valence-electron chi connectivity index (χ0n) is 17.2. The average Bonchev–Trinajstić information content (AvgIpc) is 3.14. The molecule has 0 aliphatic carbocycles. The fourth-order valence-corrected chi connectivity index (χ4v) is 4.30. The summed E-state index contributed by atoms with van der Waals surface area (Å²) in [5, 5.41) is 8.92. The van der Waals surface area contributed by atoms with E-state index in [1.807, 2.05) is 6.92 Å². The van der Waals surface area contributed by atoms with Crippen molar-refractivity contribution in [3.63, 3.8) is 0 Å². The summed E-state index contributed by atoms with van der Waals surface area (Å²) in [6.45, 7) is 3.68. The van der Waals surface area contributed by atoms with E-state index in [-0.39, 0.29) is 17.4 Å². The molecule has 0 atom stereocenters. The molecule has 2 aromatic rings. The molecule has 31 heavy (non-hydrogen) atoms. The standard InChI is InChI=1S/C22H21F3N4O2/c1-13-5-20(30)27(2)19-12-29(11-17(13)19)21(31)6-14-9-28(10-14)16-4-3-15(8-26)18(7-16)22(23,24)25/h3-5,7,14H,6,9-12H2,1-2H3. The number of pyridine rings is 1. The SMILES string of the molecule is Cc1cc(=O)n(C)c2c1CN(C(=O)CC1CN(c3ccc(C#N)c(C(F)(F)F)c3)C1)C2. The van der Waals surface area contributed by atoms with Crippen LogP contribution in [0.25, 0.3) is 0 Å². The minimum atomic E-state index is -4.59. The first-order valence-electron chi connectivity index (χ1n) is 9.91. The van der Waals surface area contributed by atoms with Crippen LogP contribution in [0.4, 0.5) is 18.9 Å². The number of aromatic nitrogens is 1. The van der Waals surface area contributed by atoms with Crippen LogP contribution < -0.4 is 10.5 Å². The van der Waals surface area contributed by atoms with Gasteiger partial charge in [-0.05, 0) is 36.2 Å². The minimum absolute atomic E-state index is 0.0245. The van der Waals surface area contributed by atoms with Gasteiger partial charge in [0.25, 0.3) is 5.56 Å². The molecule has 2 aliphatic heterocycles. The topological polar surface area (TPSA) is 69.3 Å². The van der Waals surface area contributed by atoms with Crippen molar-refractivity contribution in [1.29, 1.82) is 5.26 Å². The van der Waals surface area contributed by atoms with E-state index in [0.717, 1.165) is 22.9 Å². The van der Waals surface area contributed by atoms with Crippen molar-refractivity contribution in [2.75, 3.05) is 18.0 Å². The van der Waals surface area contributed by atoms with Gasteiger partial charge in [-0.1, -0.05) is 0 Å². The molecule has 162 valence electrons. The molecule has 0 unspecified atom stereocenters. The number of anilines is 1. The molecule has 1 saturated heterocycles. The van der Waals surface area contributed by atoms with Gasteiger partial charge in [-0.15, -0.1) is 0 Å². The first-order chi connectivity index (χ1) is 14.6. The molecule has 9 heteroatoms. The lowest BCUT2D eigenvalue weighted by atomic mass is 9.94. The van der Waals surface area contributed by atoms with Crippen molar-refractivity contribution < 1.29 is 18.0 Å². The van der Waals surface area contributed by atoms with Gasteiger partial charge in [0.15, 0.2) is 0 Å². The highest BCUT2D eigenvalue weighted by Gasteiger charge is 2.37. The number of benzene rings is 1. The molecule has 0 bridgehead atoms. The maximum atomic E-state index is 13.2. The van der Waals surface area contributed by atoms with E-state index in [4.69, 9.17) is 5.26 Å². The zero-order valence-corrected chi connectivity index (χ0v) is 17.2. The second kappa shape index (κ2) is 7.45. The fraction of sp³-hybridized carbons (Fsp3) is 0.409. The summed E-state index contributed by atoms with van der Waals surface area (Å²) in [4.78, 5) is 28.2. The van der Waals surface area contributed by atoms with E-state index in [2.05, 4.69) is 0 Å². The normalized spacial score (nSPS) is 16.1. The number of halogens is 3. The molecule has 1 amide bonds. The third-order valence-corrected chi connectivity index (χ3v) is 6.16. The smallest absolute Gasteiger partial charge is 0.371 e. The third-order valence-electron chi connectivity index (χ3n) is 6.16. The van der Waals surface area contributed by atoms with Crippen LogP contribution in [0.1, 0.15) is 34.4 Å². The highest BCUT2D eigenvalue weighted by atomic mass is 19.4. The average molecular weight is 430 g/mol. The predicted molar refractivity (Wildman–Crippen MR) is 107 cm³/mol. The molecule has 0 radical (unpaired) electrons. The van der Waals surface area contributed by atoms with Gasteiger partial charge >= 0.3 is 6.18 Å². The Kier molecular flexibility index (Phi) is 5.04. The van der Waals surface area contributed by atoms with Gasteiger partial charge in [-0.25, -0.2) is 0 Å². The minimum Gasteiger partial charge on any atom is -0.371 e. The molecule has 1 aromatic heterocycles. The number of amides is 1. The highest BCUT2D eigenvalue weighted by molar-refractivity contribution is 5.77. The monoisotopic (exact) mass is 430 g/mol. The van der Waals surface area contributed by atoms with Crippen LogP contribution in [0.15, 0.2) is 29.1 Å². The summed E-state index contributed by atoms with van der Waals surface area (Å²) in [5.74, 6) is 0.0228. The lowest BCUT2D eigenvalue weighted by molar-refractivity contribution is -0.137. The van der Waals surface area contributed by atoms with E-state index in [1.54, 1.807) is 33.6 Å². The van der Waals surface area contributed by atoms with Crippen LogP contribution in [0.5, 0.6) is 0 Å². The number of aryl methyl sites for hydroxylation is 1. The molecular weight excluding hydrogens is 409 g/mol. The van der Waals surface area contributed by atoms with Crippen LogP contribution in [-0.2, 0) is 31.1 Å². The highest BCUT2D eigenvalue weighted by Crippen LogP contribution is 2.36. The number of carbonyl (C=O) groups is 1. The van der Waals surface area contributed by atoms with Gasteiger partial charge in [0, 0.05) is 56.5 Å². The summed E-state index contributed by atoms with van der Waals surface area (Å²) >= 11 is 0. The molecule has 3 heterocycles. The lowest BCUT2D eigenvalue weighted by Gasteiger charge is -2.41. The lowest BCUT2D eigenvalue weighted by Crippen LogP contribution is -2.48. The predicted octanol–water partition coefficient (Wildman–Crippen LogP) is 2.95. The molecule has 1 fully saturated rings. The largest absolute Gasteiger partial charge is 0.417 e. The van der Waals surface area contributed by atoms with Crippen molar-refractivity contribution in [3.05, 3.63) is 62.6 Å². The third kappa shape index (κ3) is 3.78. The quantitative estimate of drug-likeness (QED) is 0.751. The number of fused-ring (bicyclic) bond motifs is 1. The number of carbonyl (C=O) groups excluding carboxylic acids is 1. The first kappa shape index (κ1) is 21.0. The van der Waals surface area contributed by atoms with Crippen LogP contribution in [0, 0.1) is 24.2 Å². The fourth-order valence-electron chi connectivity index (χ4n) is 4.30. The summed E-state index contributed by atoms with van der Waals surface area (Å²) in [7, 11) is 1.70. The number of nitriles is 1. The van der Waals surface area contributed by atoms with Gasteiger partial charge < -0.3 is 14.4 Å². The Morgan fingerprint density at radius 1 is 1.23 bits per heavy atom. The number of hydrogen-bond acceptors (Lipinski definition) is 4. The second-order valence-electron chi connectivity index (χ2n) is 8.21. The van der Waals surface area contributed by atoms with E-state index in [9.17, 15) is 22.8 Å². The van der Waals surface area contributed by atoms with Gasteiger partial charge in [0.1, 0.15) is 0 Å². The molecule has 4 rings (SSSR count). The van der Waals surface area contributed by atoms with Gasteiger partial charge in [0.05, 0.1) is 23.7 Å². The van der Waals surface area contributed by atoms with Gasteiger partial charge in [0.2, 0.25) is 5.91 Å². The van der Waals surface area contributed by atoms with Crippen molar-refractivity contribution in [2.45, 2.75) is 32.6 Å². The Hall–Kier alpha value is -3.28. The van der Waals surface area contributed by atoms with Gasteiger partial charge in [-0.3, -0.25) is 9.59 Å². The summed E-state index contributed by atoms with van der Waals surface area (Å²) in [5.41, 5.74) is 1.69. The van der Waals surface area contributed by atoms with Crippen LogP contribution in [0.2, 0.25) is 0 Å². The maximum absolute atomic E-state index is 13.2. The van der Waals surface area contributed by atoms with Gasteiger partial charge in [-0.2, -0.15) is 18.4 Å². The Bertz CT molecular complexity index is 1160. The van der Waals surface area contributed by atoms with Crippen molar-refractivity contribution in [3.8, 4) is 6.07 Å². The molecule has 6 nitrogen and oxygen atoms in total. The van der Waals surface area contributed by atoms with E-state index in [1.165, 1.54) is 12.1 Å². The molecule has 1 aromatic carbocycles. The van der Waals surface area contributed by atoms with E-state index < -0.39 is 17.3 Å². The Morgan fingerprint density at radius 3 is 2.58 bits per heavy atom. The molecule has 0 N–H and O–H groups in total. The molecule has 0 saturated carbocycles. The summed E-state index contributed by atoms with van der Waals surface area (Å²) in [6.07, 6.45) is -4.29. The van der Waals surface area contributed by atoms with Crippen molar-refractivity contribution in [1.82, 2.24) is 9.47 Å². The Morgan fingerprint density at radius 2 is 1.94 bits per heavy atom. The van der Waals surface area contributed by atoms with Crippen LogP contribution in [-0.4, -0.2) is 28.5 Å².